The highest BCUT2D eigenvalue weighted by molar-refractivity contribution is 4.71. The lowest BCUT2D eigenvalue weighted by Crippen LogP contribution is -2.32. The highest BCUT2D eigenvalue weighted by atomic mass is 16.5. The minimum Gasteiger partial charge on any atom is -0.378 e. The molecule has 0 bridgehead atoms. The van der Waals surface area contributed by atoms with E-state index in [-0.39, 0.29) is 0 Å². The van der Waals surface area contributed by atoms with Gasteiger partial charge >= 0.3 is 0 Å². The first-order valence-corrected chi connectivity index (χ1v) is 3.46. The summed E-state index contributed by atoms with van der Waals surface area (Å²) >= 11 is 0. The van der Waals surface area contributed by atoms with Gasteiger partial charge in [0.05, 0.1) is 6.10 Å². The van der Waals surface area contributed by atoms with E-state index in [9.17, 15) is 0 Å². The molecule has 0 spiro atoms. The van der Waals surface area contributed by atoms with Crippen LogP contribution in [0.4, 0.5) is 0 Å². The fraction of sp³-hybridized carbons (Fsp3) is 1.00. The summed E-state index contributed by atoms with van der Waals surface area (Å²) < 4.78 is 5.28. The Morgan fingerprint density at radius 2 is 2.38 bits per heavy atom. The van der Waals surface area contributed by atoms with E-state index in [1.807, 2.05) is 0 Å². The van der Waals surface area contributed by atoms with Crippen molar-refractivity contribution in [1.82, 2.24) is 0 Å². The first-order valence-electron chi connectivity index (χ1n) is 3.46. The number of hydrogen-bond acceptors (Lipinski definition) is 1. The molecule has 0 amide bonds. The largest absolute Gasteiger partial charge is 0.378 e. The minimum absolute atomic E-state index is 0.597. The maximum Gasteiger partial charge on any atom is 0.0622 e. The molecule has 1 aliphatic heterocycles. The van der Waals surface area contributed by atoms with Gasteiger partial charge in [-0.3, -0.25) is 0 Å². The van der Waals surface area contributed by atoms with Gasteiger partial charge in [0.15, 0.2) is 0 Å². The molecule has 2 atom stereocenters. The maximum atomic E-state index is 5.28. The molecule has 0 aromatic heterocycles. The summed E-state index contributed by atoms with van der Waals surface area (Å²) in [6, 6.07) is 0. The average Bonchev–Trinajstić information content (AvgIpc) is 1.62. The van der Waals surface area contributed by atoms with Gasteiger partial charge in [-0.1, -0.05) is 20.3 Å². The zero-order valence-electron chi connectivity index (χ0n) is 5.68. The SMILES string of the molecule is CC[C@H](C)C1CCO1. The van der Waals surface area contributed by atoms with E-state index < -0.39 is 0 Å². The number of ether oxygens (including phenoxy) is 1. The highest BCUT2D eigenvalue weighted by Crippen LogP contribution is 2.21. The zero-order valence-corrected chi connectivity index (χ0v) is 5.68. The van der Waals surface area contributed by atoms with E-state index in [2.05, 4.69) is 13.8 Å². The van der Waals surface area contributed by atoms with Crippen LogP contribution in [0.1, 0.15) is 26.7 Å². The van der Waals surface area contributed by atoms with Crippen LogP contribution in [0.25, 0.3) is 0 Å². The Bertz CT molecular complexity index is 64.0. The Labute approximate surface area is 51.0 Å². The number of rotatable bonds is 2. The van der Waals surface area contributed by atoms with Crippen LogP contribution in [0.15, 0.2) is 0 Å². The second-order valence-corrected chi connectivity index (χ2v) is 2.58. The van der Waals surface area contributed by atoms with E-state index in [0.29, 0.717) is 6.10 Å². The molecule has 1 heterocycles. The van der Waals surface area contributed by atoms with Gasteiger partial charge in [-0.15, -0.1) is 0 Å². The van der Waals surface area contributed by atoms with Crippen molar-refractivity contribution in [3.8, 4) is 0 Å². The van der Waals surface area contributed by atoms with Gasteiger partial charge in [-0.05, 0) is 12.3 Å². The van der Waals surface area contributed by atoms with Crippen molar-refractivity contribution in [1.29, 1.82) is 0 Å². The smallest absolute Gasteiger partial charge is 0.0622 e. The molecule has 0 aromatic rings. The third kappa shape index (κ3) is 1.03. The van der Waals surface area contributed by atoms with E-state index in [4.69, 9.17) is 4.74 Å². The first kappa shape index (κ1) is 6.09. The summed E-state index contributed by atoms with van der Waals surface area (Å²) in [6.07, 6.45) is 3.14. The van der Waals surface area contributed by atoms with Gasteiger partial charge in [-0.25, -0.2) is 0 Å². The van der Waals surface area contributed by atoms with Crippen LogP contribution in [0.2, 0.25) is 0 Å². The van der Waals surface area contributed by atoms with Crippen molar-refractivity contribution in [2.45, 2.75) is 32.8 Å². The minimum atomic E-state index is 0.597. The molecule has 0 aromatic carbocycles. The highest BCUT2D eigenvalue weighted by Gasteiger charge is 2.22. The predicted octanol–water partition coefficient (Wildman–Crippen LogP) is 1.82. The van der Waals surface area contributed by atoms with E-state index in [1.54, 1.807) is 0 Å². The van der Waals surface area contributed by atoms with Crippen molar-refractivity contribution in [2.75, 3.05) is 6.61 Å². The molecule has 1 rings (SSSR count). The molecule has 0 N–H and O–H groups in total. The second-order valence-electron chi connectivity index (χ2n) is 2.58. The van der Waals surface area contributed by atoms with Crippen LogP contribution in [0.3, 0.4) is 0 Å². The predicted molar refractivity (Wildman–Crippen MR) is 33.8 cm³/mol. The molecule has 0 radical (unpaired) electrons. The third-order valence-corrected chi connectivity index (χ3v) is 2.01. The van der Waals surface area contributed by atoms with Crippen LogP contribution in [-0.2, 0) is 4.74 Å². The van der Waals surface area contributed by atoms with Crippen molar-refractivity contribution in [2.24, 2.45) is 5.92 Å². The Balaban J connectivity index is 2.13. The van der Waals surface area contributed by atoms with Crippen molar-refractivity contribution in [3.05, 3.63) is 0 Å². The van der Waals surface area contributed by atoms with Crippen molar-refractivity contribution < 1.29 is 4.74 Å². The van der Waals surface area contributed by atoms with Crippen LogP contribution in [0.5, 0.6) is 0 Å². The fourth-order valence-corrected chi connectivity index (χ4v) is 0.966. The first-order chi connectivity index (χ1) is 3.84. The molecule has 1 aliphatic rings. The Kier molecular flexibility index (Phi) is 1.90. The monoisotopic (exact) mass is 114 g/mol. The quantitative estimate of drug-likeness (QED) is 0.532. The molecule has 1 heteroatoms. The van der Waals surface area contributed by atoms with Gasteiger partial charge < -0.3 is 4.74 Å². The van der Waals surface area contributed by atoms with Crippen LogP contribution >= 0.6 is 0 Å². The number of hydrogen-bond donors (Lipinski definition) is 0. The normalized spacial score (nSPS) is 31.5. The zero-order chi connectivity index (χ0) is 5.98. The third-order valence-electron chi connectivity index (χ3n) is 2.01. The lowest BCUT2D eigenvalue weighted by atomic mass is 9.96. The summed E-state index contributed by atoms with van der Waals surface area (Å²) in [4.78, 5) is 0. The lowest BCUT2D eigenvalue weighted by molar-refractivity contribution is -0.0810. The van der Waals surface area contributed by atoms with Crippen LogP contribution in [0, 0.1) is 5.92 Å². The Morgan fingerprint density at radius 3 is 2.50 bits per heavy atom. The average molecular weight is 114 g/mol. The van der Waals surface area contributed by atoms with E-state index >= 15 is 0 Å². The lowest BCUT2D eigenvalue weighted by Gasteiger charge is -2.31. The summed E-state index contributed by atoms with van der Waals surface area (Å²) in [5.74, 6) is 0.781. The standard InChI is InChI=1S/C7H14O/c1-3-6(2)7-4-5-8-7/h6-7H,3-5H2,1-2H3/t6-,7?/m0/s1. The molecule has 1 saturated heterocycles. The van der Waals surface area contributed by atoms with E-state index in [1.165, 1.54) is 12.8 Å². The van der Waals surface area contributed by atoms with Gasteiger partial charge in [0.2, 0.25) is 0 Å². The molecule has 1 nitrogen and oxygen atoms in total. The van der Waals surface area contributed by atoms with Crippen LogP contribution < -0.4 is 0 Å². The second kappa shape index (κ2) is 2.49. The molecule has 1 fully saturated rings. The molecule has 1 unspecified atom stereocenters. The van der Waals surface area contributed by atoms with Crippen LogP contribution in [-0.4, -0.2) is 12.7 Å². The van der Waals surface area contributed by atoms with Gasteiger partial charge in [0, 0.05) is 6.61 Å². The van der Waals surface area contributed by atoms with Crippen molar-refractivity contribution >= 4 is 0 Å². The van der Waals surface area contributed by atoms with Gasteiger partial charge in [0.1, 0.15) is 0 Å². The van der Waals surface area contributed by atoms with Gasteiger partial charge in [-0.2, -0.15) is 0 Å². The Morgan fingerprint density at radius 1 is 1.75 bits per heavy atom. The summed E-state index contributed by atoms with van der Waals surface area (Å²) in [5, 5.41) is 0. The molecule has 8 heavy (non-hydrogen) atoms. The molecule has 0 aliphatic carbocycles. The fourth-order valence-electron chi connectivity index (χ4n) is 0.966. The Hall–Kier alpha value is -0.0400. The topological polar surface area (TPSA) is 9.23 Å². The molecule has 0 saturated carbocycles. The molecule has 48 valence electrons. The van der Waals surface area contributed by atoms with Crippen molar-refractivity contribution in [3.63, 3.8) is 0 Å². The summed E-state index contributed by atoms with van der Waals surface area (Å²) in [6.45, 7) is 5.46. The molecular formula is C7H14O. The summed E-state index contributed by atoms with van der Waals surface area (Å²) in [7, 11) is 0. The molecular weight excluding hydrogens is 100 g/mol. The van der Waals surface area contributed by atoms with Gasteiger partial charge in [0.25, 0.3) is 0 Å². The van der Waals surface area contributed by atoms with E-state index in [0.717, 1.165) is 12.5 Å². The summed E-state index contributed by atoms with van der Waals surface area (Å²) in [5.41, 5.74) is 0. The maximum absolute atomic E-state index is 5.28.